The van der Waals surface area contributed by atoms with E-state index in [9.17, 15) is 4.79 Å². The van der Waals surface area contributed by atoms with Crippen LogP contribution in [-0.4, -0.2) is 21.6 Å². The second-order valence-electron chi connectivity index (χ2n) is 7.00. The Bertz CT molecular complexity index is 997. The van der Waals surface area contributed by atoms with Crippen LogP contribution in [0, 0.1) is 6.92 Å². The van der Waals surface area contributed by atoms with Crippen LogP contribution in [0.5, 0.6) is 0 Å². The molecule has 4 nitrogen and oxygen atoms in total. The molecular formula is C21H23N3OS2. The van der Waals surface area contributed by atoms with E-state index in [-0.39, 0.29) is 5.91 Å². The predicted molar refractivity (Wildman–Crippen MR) is 113 cm³/mol. The molecule has 0 saturated carbocycles. The lowest BCUT2D eigenvalue weighted by Gasteiger charge is -2.17. The maximum Gasteiger partial charge on any atom is 0.217 e. The third-order valence-corrected chi connectivity index (χ3v) is 7.16. The molecule has 27 heavy (non-hydrogen) atoms. The Hall–Kier alpha value is -1.92. The van der Waals surface area contributed by atoms with Gasteiger partial charge in [-0.2, -0.15) is 0 Å². The van der Waals surface area contributed by atoms with Crippen molar-refractivity contribution in [1.29, 1.82) is 0 Å². The molecule has 3 aromatic rings. The van der Waals surface area contributed by atoms with Crippen LogP contribution in [0.1, 0.15) is 41.7 Å². The van der Waals surface area contributed by atoms with Crippen molar-refractivity contribution in [2.24, 2.45) is 5.73 Å². The monoisotopic (exact) mass is 397 g/mol. The van der Waals surface area contributed by atoms with Gasteiger partial charge in [-0.15, -0.1) is 23.1 Å². The molecule has 0 radical (unpaired) electrons. The van der Waals surface area contributed by atoms with E-state index in [4.69, 9.17) is 5.73 Å². The van der Waals surface area contributed by atoms with Gasteiger partial charge in [-0.25, -0.2) is 9.97 Å². The number of hydrogen-bond donors (Lipinski definition) is 1. The lowest BCUT2D eigenvalue weighted by atomic mass is 9.89. The number of carbonyl (C=O) groups is 1. The summed E-state index contributed by atoms with van der Waals surface area (Å²) in [6.45, 7) is 2.17. The molecule has 0 aliphatic heterocycles. The summed E-state index contributed by atoms with van der Waals surface area (Å²) in [6.07, 6.45) is 7.78. The summed E-state index contributed by atoms with van der Waals surface area (Å²) in [4.78, 5) is 22.4. The van der Waals surface area contributed by atoms with E-state index < -0.39 is 0 Å². The number of benzene rings is 1. The van der Waals surface area contributed by atoms with E-state index in [0.29, 0.717) is 6.42 Å². The first kappa shape index (κ1) is 18.4. The summed E-state index contributed by atoms with van der Waals surface area (Å²) in [5.74, 6) is 0.581. The molecular weight excluding hydrogens is 374 g/mol. The van der Waals surface area contributed by atoms with Gasteiger partial charge in [-0.05, 0) is 55.7 Å². The first-order valence-electron chi connectivity index (χ1n) is 9.41. The minimum absolute atomic E-state index is 0.246. The number of carbonyl (C=O) groups excluding carboxylic acids is 1. The summed E-state index contributed by atoms with van der Waals surface area (Å²) in [6, 6.07) is 6.93. The minimum atomic E-state index is -0.246. The van der Waals surface area contributed by atoms with Crippen molar-refractivity contribution < 1.29 is 4.79 Å². The van der Waals surface area contributed by atoms with Gasteiger partial charge < -0.3 is 5.73 Å². The van der Waals surface area contributed by atoms with Crippen molar-refractivity contribution in [2.45, 2.75) is 50.5 Å². The summed E-state index contributed by atoms with van der Waals surface area (Å²) >= 11 is 3.42. The fourth-order valence-electron chi connectivity index (χ4n) is 3.78. The third kappa shape index (κ3) is 3.87. The lowest BCUT2D eigenvalue weighted by Crippen LogP contribution is -2.10. The number of amides is 1. The molecule has 4 rings (SSSR count). The van der Waals surface area contributed by atoms with E-state index in [1.54, 1.807) is 29.4 Å². The van der Waals surface area contributed by atoms with Crippen LogP contribution in [0.25, 0.3) is 21.3 Å². The van der Waals surface area contributed by atoms with Crippen molar-refractivity contribution in [2.75, 3.05) is 5.75 Å². The second-order valence-corrected chi connectivity index (χ2v) is 9.29. The van der Waals surface area contributed by atoms with Crippen molar-refractivity contribution in [3.63, 3.8) is 0 Å². The minimum Gasteiger partial charge on any atom is -0.370 e. The molecule has 0 bridgehead atoms. The molecule has 140 valence electrons. The number of thiophene rings is 1. The number of aryl methyl sites for hydroxylation is 3. The van der Waals surface area contributed by atoms with E-state index >= 15 is 0 Å². The maximum atomic E-state index is 11.0. The average Bonchev–Trinajstić information content (AvgIpc) is 3.01. The first-order valence-corrected chi connectivity index (χ1v) is 11.2. The zero-order valence-corrected chi connectivity index (χ0v) is 17.1. The number of hydrogen-bond acceptors (Lipinski definition) is 5. The van der Waals surface area contributed by atoms with E-state index in [1.807, 2.05) is 0 Å². The SMILES string of the molecule is Cc1sc2ncnc(SCCCC(N)=O)c2c1-c1ccc2c(c1)CCCC2. The molecule has 1 aliphatic rings. The fraction of sp³-hybridized carbons (Fsp3) is 0.381. The molecule has 0 saturated heterocycles. The molecule has 1 aliphatic carbocycles. The van der Waals surface area contributed by atoms with Gasteiger partial charge in [0.05, 0.1) is 5.39 Å². The molecule has 2 N–H and O–H groups in total. The highest BCUT2D eigenvalue weighted by Gasteiger charge is 2.18. The van der Waals surface area contributed by atoms with Crippen LogP contribution >= 0.6 is 23.1 Å². The predicted octanol–water partition coefficient (Wildman–Crippen LogP) is 4.90. The molecule has 2 heterocycles. The van der Waals surface area contributed by atoms with Gasteiger partial charge in [0.15, 0.2) is 0 Å². The van der Waals surface area contributed by atoms with Crippen LogP contribution < -0.4 is 5.73 Å². The number of primary amides is 1. The van der Waals surface area contributed by atoms with Gasteiger partial charge in [-0.1, -0.05) is 18.2 Å². The molecule has 0 spiro atoms. The molecule has 6 heteroatoms. The Kier molecular flexibility index (Phi) is 5.45. The normalized spacial score (nSPS) is 13.7. The molecule has 0 fully saturated rings. The highest BCUT2D eigenvalue weighted by Crippen LogP contribution is 2.42. The average molecular weight is 398 g/mol. The first-order chi connectivity index (χ1) is 13.1. The highest BCUT2D eigenvalue weighted by molar-refractivity contribution is 7.99. The Labute approximate surface area is 167 Å². The van der Waals surface area contributed by atoms with Crippen LogP contribution in [0.3, 0.4) is 0 Å². The number of rotatable bonds is 6. The zero-order valence-electron chi connectivity index (χ0n) is 15.5. The summed E-state index contributed by atoms with van der Waals surface area (Å²) in [5.41, 5.74) is 10.8. The van der Waals surface area contributed by atoms with E-state index in [2.05, 4.69) is 35.1 Å². The van der Waals surface area contributed by atoms with Gasteiger partial charge in [0.2, 0.25) is 5.91 Å². The molecule has 0 atom stereocenters. The van der Waals surface area contributed by atoms with Gasteiger partial charge in [-0.3, -0.25) is 4.79 Å². The number of nitrogens with zero attached hydrogens (tertiary/aromatic N) is 2. The van der Waals surface area contributed by atoms with Crippen molar-refractivity contribution in [3.8, 4) is 11.1 Å². The Morgan fingerprint density at radius 3 is 2.85 bits per heavy atom. The molecule has 0 unspecified atom stereocenters. The quantitative estimate of drug-likeness (QED) is 0.365. The summed E-state index contributed by atoms with van der Waals surface area (Å²) < 4.78 is 0. The highest BCUT2D eigenvalue weighted by atomic mass is 32.2. The number of nitrogens with two attached hydrogens (primary N) is 1. The van der Waals surface area contributed by atoms with Crippen LogP contribution in [0.2, 0.25) is 0 Å². The van der Waals surface area contributed by atoms with Gasteiger partial charge >= 0.3 is 0 Å². The van der Waals surface area contributed by atoms with Crippen LogP contribution in [0.15, 0.2) is 29.6 Å². The summed E-state index contributed by atoms with van der Waals surface area (Å²) in [7, 11) is 0. The van der Waals surface area contributed by atoms with Crippen LogP contribution in [-0.2, 0) is 17.6 Å². The smallest absolute Gasteiger partial charge is 0.217 e. The topological polar surface area (TPSA) is 68.9 Å². The lowest BCUT2D eigenvalue weighted by molar-refractivity contribution is -0.118. The van der Waals surface area contributed by atoms with E-state index in [0.717, 1.165) is 27.4 Å². The fourth-order valence-corrected chi connectivity index (χ4v) is 5.80. The van der Waals surface area contributed by atoms with Crippen molar-refractivity contribution >= 4 is 39.2 Å². The third-order valence-electron chi connectivity index (χ3n) is 5.07. The zero-order chi connectivity index (χ0) is 18.8. The van der Waals surface area contributed by atoms with Gasteiger partial charge in [0.25, 0.3) is 0 Å². The second kappa shape index (κ2) is 7.98. The molecule has 1 amide bonds. The van der Waals surface area contributed by atoms with Crippen molar-refractivity contribution in [3.05, 3.63) is 40.5 Å². The Balaban J connectivity index is 1.72. The van der Waals surface area contributed by atoms with Crippen LogP contribution in [0.4, 0.5) is 0 Å². The Morgan fingerprint density at radius 1 is 1.22 bits per heavy atom. The number of fused-ring (bicyclic) bond motifs is 2. The van der Waals surface area contributed by atoms with Gasteiger partial charge in [0.1, 0.15) is 16.2 Å². The largest absolute Gasteiger partial charge is 0.370 e. The van der Waals surface area contributed by atoms with Gasteiger partial charge in [0, 0.05) is 22.6 Å². The Morgan fingerprint density at radius 2 is 2.04 bits per heavy atom. The van der Waals surface area contributed by atoms with Crippen molar-refractivity contribution in [1.82, 2.24) is 9.97 Å². The molecule has 1 aromatic carbocycles. The molecule has 2 aromatic heterocycles. The van der Waals surface area contributed by atoms with E-state index in [1.165, 1.54) is 52.8 Å². The number of thioether (sulfide) groups is 1. The summed E-state index contributed by atoms with van der Waals surface area (Å²) in [5, 5.41) is 2.15. The number of aromatic nitrogens is 2. The standard InChI is InChI=1S/C21H23N3OS2/c1-13-18(16-9-8-14-5-2-3-6-15(14)11-16)19-20(23-12-24-21(19)27-13)26-10-4-7-17(22)25/h8-9,11-12H,2-7,10H2,1H3,(H2,22,25). The maximum absolute atomic E-state index is 11.0.